The molecule has 0 bridgehead atoms. The summed E-state index contributed by atoms with van der Waals surface area (Å²) in [7, 11) is 0. The van der Waals surface area contributed by atoms with E-state index in [-0.39, 0.29) is 30.0 Å². The molecule has 0 aromatic heterocycles. The summed E-state index contributed by atoms with van der Waals surface area (Å²) in [5, 5.41) is 9.82. The van der Waals surface area contributed by atoms with Crippen LogP contribution in [0.3, 0.4) is 0 Å². The predicted molar refractivity (Wildman–Crippen MR) is 92.8 cm³/mol. The summed E-state index contributed by atoms with van der Waals surface area (Å²) in [6.07, 6.45) is 7.12. The first-order valence-electron chi connectivity index (χ1n) is 9.49. The lowest BCUT2D eigenvalue weighted by Crippen LogP contribution is -2.40. The van der Waals surface area contributed by atoms with Crippen LogP contribution >= 0.6 is 0 Å². The highest BCUT2D eigenvalue weighted by molar-refractivity contribution is 5.82. The highest BCUT2D eigenvalue weighted by Crippen LogP contribution is 2.53. The van der Waals surface area contributed by atoms with Crippen LogP contribution in [0.25, 0.3) is 0 Å². The predicted octanol–water partition coefficient (Wildman–Crippen LogP) is 2.00. The number of aliphatic hydroxyl groups is 1. The number of aliphatic hydroxyl groups excluding tert-OH is 1. The Kier molecular flexibility index (Phi) is 4.32. The molecule has 2 fully saturated rings. The van der Waals surface area contributed by atoms with Crippen molar-refractivity contribution in [3.05, 3.63) is 22.8 Å². The third-order valence-electron chi connectivity index (χ3n) is 6.56. The van der Waals surface area contributed by atoms with Crippen molar-refractivity contribution in [2.24, 2.45) is 11.3 Å². The Hall–Kier alpha value is -1.46. The Labute approximate surface area is 148 Å². The number of ketones is 1. The van der Waals surface area contributed by atoms with E-state index in [4.69, 9.17) is 4.74 Å². The molecule has 5 heteroatoms. The second-order valence-corrected chi connectivity index (χ2v) is 8.21. The van der Waals surface area contributed by atoms with Crippen molar-refractivity contribution in [2.45, 2.75) is 51.6 Å². The number of carbonyl (C=O) groups is 2. The summed E-state index contributed by atoms with van der Waals surface area (Å²) in [6.45, 7) is 4.42. The second-order valence-electron chi connectivity index (χ2n) is 8.21. The fourth-order valence-corrected chi connectivity index (χ4v) is 5.09. The molecule has 5 nitrogen and oxygen atoms in total. The first-order chi connectivity index (χ1) is 12.0. The molecule has 2 aliphatic carbocycles. The largest absolute Gasteiger partial charge is 0.453 e. The molecule has 0 radical (unpaired) electrons. The first-order valence-corrected chi connectivity index (χ1v) is 9.49. The third kappa shape index (κ3) is 2.87. The standard InChI is InChI=1S/C20H27NO4/c1-20-7-2-3-13(12-22)17(20)18-15(4-8-20)16(19(24)25-18)11-21-9-5-14(23)6-10-21/h4,16,18,22H,2-3,5-12H2,1H3/t16?,18-,20+/m0/s1. The number of ether oxygens (including phenoxy) is 1. The van der Waals surface area contributed by atoms with Gasteiger partial charge in [0.1, 0.15) is 11.9 Å². The second kappa shape index (κ2) is 6.36. The van der Waals surface area contributed by atoms with Crippen molar-refractivity contribution < 1.29 is 19.4 Å². The molecule has 0 amide bonds. The number of fused-ring (bicyclic) bond motifs is 3. The van der Waals surface area contributed by atoms with E-state index in [2.05, 4.69) is 17.9 Å². The Morgan fingerprint density at radius 2 is 2.04 bits per heavy atom. The molecule has 0 saturated carbocycles. The molecule has 0 aromatic carbocycles. The molecule has 25 heavy (non-hydrogen) atoms. The van der Waals surface area contributed by atoms with Gasteiger partial charge in [-0.25, -0.2) is 0 Å². The Bertz CT molecular complexity index is 655. The van der Waals surface area contributed by atoms with Crippen LogP contribution in [0.5, 0.6) is 0 Å². The first kappa shape index (κ1) is 17.0. The summed E-state index contributed by atoms with van der Waals surface area (Å²) >= 11 is 0. The molecule has 4 rings (SSSR count). The van der Waals surface area contributed by atoms with Gasteiger partial charge in [-0.1, -0.05) is 13.0 Å². The maximum absolute atomic E-state index is 12.6. The third-order valence-corrected chi connectivity index (χ3v) is 6.56. The highest BCUT2D eigenvalue weighted by Gasteiger charge is 2.50. The van der Waals surface area contributed by atoms with Crippen molar-refractivity contribution in [1.82, 2.24) is 4.90 Å². The summed E-state index contributed by atoms with van der Waals surface area (Å²) in [5.74, 6) is -0.0550. The number of hydrogen-bond acceptors (Lipinski definition) is 5. The number of likely N-dealkylation sites (tertiary alicyclic amines) is 1. The van der Waals surface area contributed by atoms with Gasteiger partial charge in [0, 0.05) is 32.5 Å². The SMILES string of the molecule is C[C@@]12CC=C3C(CN4CCC(=O)CC4)C(=O)O[C@@H]3C1=C(CO)CCC2. The molecule has 0 aromatic rings. The molecular weight excluding hydrogens is 318 g/mol. The maximum atomic E-state index is 12.6. The topological polar surface area (TPSA) is 66.8 Å². The molecule has 3 atom stereocenters. The van der Waals surface area contributed by atoms with Gasteiger partial charge in [-0.15, -0.1) is 0 Å². The number of allylic oxidation sites excluding steroid dienone is 1. The zero-order valence-corrected chi connectivity index (χ0v) is 14.9. The zero-order chi connectivity index (χ0) is 17.6. The van der Waals surface area contributed by atoms with Gasteiger partial charge in [0.25, 0.3) is 0 Å². The van der Waals surface area contributed by atoms with Crippen LogP contribution < -0.4 is 0 Å². The van der Waals surface area contributed by atoms with Gasteiger partial charge < -0.3 is 14.7 Å². The van der Waals surface area contributed by atoms with E-state index in [0.29, 0.717) is 25.2 Å². The van der Waals surface area contributed by atoms with Gasteiger partial charge in [-0.2, -0.15) is 0 Å². The van der Waals surface area contributed by atoms with E-state index in [1.807, 2.05) is 0 Å². The van der Waals surface area contributed by atoms with Crippen molar-refractivity contribution >= 4 is 11.8 Å². The Balaban J connectivity index is 1.60. The monoisotopic (exact) mass is 345 g/mol. The minimum Gasteiger partial charge on any atom is -0.453 e. The average molecular weight is 345 g/mol. The molecule has 1 N–H and O–H groups in total. The molecule has 136 valence electrons. The van der Waals surface area contributed by atoms with Crippen molar-refractivity contribution in [3.63, 3.8) is 0 Å². The van der Waals surface area contributed by atoms with E-state index in [0.717, 1.165) is 49.9 Å². The van der Waals surface area contributed by atoms with Gasteiger partial charge in [0.15, 0.2) is 0 Å². The van der Waals surface area contributed by atoms with Crippen LogP contribution in [0.1, 0.15) is 45.4 Å². The quantitative estimate of drug-likeness (QED) is 0.626. The van der Waals surface area contributed by atoms with Crippen LogP contribution in [0.15, 0.2) is 22.8 Å². The number of piperidine rings is 1. The fraction of sp³-hybridized carbons (Fsp3) is 0.700. The smallest absolute Gasteiger partial charge is 0.315 e. The molecule has 2 saturated heterocycles. The lowest BCUT2D eigenvalue weighted by molar-refractivity contribution is -0.144. The van der Waals surface area contributed by atoms with E-state index in [1.165, 1.54) is 5.57 Å². The molecule has 2 aliphatic heterocycles. The van der Waals surface area contributed by atoms with Crippen molar-refractivity contribution in [1.29, 1.82) is 0 Å². The summed E-state index contributed by atoms with van der Waals surface area (Å²) in [4.78, 5) is 26.3. The summed E-state index contributed by atoms with van der Waals surface area (Å²) in [6, 6.07) is 0. The zero-order valence-electron chi connectivity index (χ0n) is 14.9. The number of carbonyl (C=O) groups excluding carboxylic acids is 2. The number of rotatable bonds is 3. The van der Waals surface area contributed by atoms with Gasteiger partial charge >= 0.3 is 5.97 Å². The highest BCUT2D eigenvalue weighted by atomic mass is 16.6. The lowest BCUT2D eigenvalue weighted by Gasteiger charge is -2.43. The van der Waals surface area contributed by atoms with Crippen LogP contribution in [0.4, 0.5) is 0 Å². The lowest BCUT2D eigenvalue weighted by atomic mass is 9.63. The van der Waals surface area contributed by atoms with E-state index < -0.39 is 0 Å². The van der Waals surface area contributed by atoms with E-state index in [1.54, 1.807) is 0 Å². The Morgan fingerprint density at radius 1 is 1.28 bits per heavy atom. The number of nitrogens with zero attached hydrogens (tertiary/aromatic N) is 1. The van der Waals surface area contributed by atoms with E-state index >= 15 is 0 Å². The van der Waals surface area contributed by atoms with E-state index in [9.17, 15) is 14.7 Å². The minimum atomic E-state index is -0.273. The Morgan fingerprint density at radius 3 is 2.76 bits per heavy atom. The van der Waals surface area contributed by atoms with Crippen molar-refractivity contribution in [2.75, 3.05) is 26.2 Å². The van der Waals surface area contributed by atoms with Gasteiger partial charge in [-0.3, -0.25) is 9.59 Å². The molecule has 2 heterocycles. The van der Waals surface area contributed by atoms with Crippen LogP contribution in [0, 0.1) is 11.3 Å². The maximum Gasteiger partial charge on any atom is 0.315 e. The number of hydrogen-bond donors (Lipinski definition) is 1. The number of Topliss-reactive ketones (excluding diaryl/α,β-unsaturated/α-hetero) is 1. The summed E-state index contributed by atoms with van der Waals surface area (Å²) < 4.78 is 5.84. The van der Waals surface area contributed by atoms with Crippen LogP contribution in [-0.2, 0) is 14.3 Å². The minimum absolute atomic E-state index is 0.0111. The fourth-order valence-electron chi connectivity index (χ4n) is 5.09. The van der Waals surface area contributed by atoms with Gasteiger partial charge in [0.05, 0.1) is 12.5 Å². The molecular formula is C20H27NO4. The van der Waals surface area contributed by atoms with Gasteiger partial charge in [0.2, 0.25) is 0 Å². The number of esters is 1. The normalized spacial score (nSPS) is 36.0. The molecule has 0 spiro atoms. The molecule has 1 unspecified atom stereocenters. The van der Waals surface area contributed by atoms with Crippen LogP contribution in [0.2, 0.25) is 0 Å². The van der Waals surface area contributed by atoms with Crippen molar-refractivity contribution in [3.8, 4) is 0 Å². The van der Waals surface area contributed by atoms with Gasteiger partial charge in [-0.05, 0) is 47.8 Å². The molecule has 4 aliphatic rings. The average Bonchev–Trinajstić information content (AvgIpc) is 2.91. The summed E-state index contributed by atoms with van der Waals surface area (Å²) in [5.41, 5.74) is 3.34. The van der Waals surface area contributed by atoms with Crippen LogP contribution in [-0.4, -0.2) is 54.1 Å².